The fraction of sp³-hybridized carbons (Fsp3) is 0.571. The van der Waals surface area contributed by atoms with Crippen molar-refractivity contribution < 1.29 is 14.3 Å². The molecule has 0 spiro atoms. The molecule has 9 nitrogen and oxygen atoms in total. The number of methoxy groups -OCH3 is 1. The van der Waals surface area contributed by atoms with E-state index in [0.29, 0.717) is 36.6 Å². The summed E-state index contributed by atoms with van der Waals surface area (Å²) in [6.07, 6.45) is 4.69. The first-order valence-corrected chi connectivity index (χ1v) is 10.0. The zero-order chi connectivity index (χ0) is 21.9. The molecule has 1 unspecified atom stereocenters. The standard InChI is InChI=1S/C21H28N6O3/c1-21(30-4)5-8-27(9-6-21)18-14-11-16(20(29)23-7-10-26(2)3)24-13-17(14)25-19(28)15(18)12-22/h11,13,16H,5-10H2,1-4H3,(H,23,29). The molecule has 3 aliphatic heterocycles. The lowest BCUT2D eigenvalue weighted by atomic mass is 9.89. The first-order valence-electron chi connectivity index (χ1n) is 10.0. The summed E-state index contributed by atoms with van der Waals surface area (Å²) in [5.74, 6) is -0.792. The Bertz CT molecular complexity index is 885. The fourth-order valence-corrected chi connectivity index (χ4v) is 3.68. The van der Waals surface area contributed by atoms with Crippen LogP contribution in [-0.2, 0) is 14.3 Å². The zero-order valence-electron chi connectivity index (χ0n) is 17.9. The minimum Gasteiger partial charge on any atom is -0.378 e. The van der Waals surface area contributed by atoms with Crippen molar-refractivity contribution in [1.82, 2.24) is 15.1 Å². The van der Waals surface area contributed by atoms with E-state index in [1.54, 1.807) is 13.2 Å². The highest BCUT2D eigenvalue weighted by Crippen LogP contribution is 2.33. The van der Waals surface area contributed by atoms with E-state index in [-0.39, 0.29) is 17.1 Å². The lowest BCUT2D eigenvalue weighted by Crippen LogP contribution is -2.45. The van der Waals surface area contributed by atoms with Gasteiger partial charge in [0.2, 0.25) is 5.91 Å². The van der Waals surface area contributed by atoms with Crippen LogP contribution in [0.3, 0.4) is 0 Å². The molecular formula is C21H28N6O3. The Morgan fingerprint density at radius 2 is 2.13 bits per heavy atom. The second-order valence-corrected chi connectivity index (χ2v) is 8.18. The number of nitrogens with one attached hydrogen (secondary N) is 1. The van der Waals surface area contributed by atoms with Gasteiger partial charge in [0.1, 0.15) is 17.7 Å². The van der Waals surface area contributed by atoms with Crippen molar-refractivity contribution in [2.24, 2.45) is 9.98 Å². The van der Waals surface area contributed by atoms with Crippen molar-refractivity contribution in [3.63, 3.8) is 0 Å². The van der Waals surface area contributed by atoms with Crippen molar-refractivity contribution in [3.05, 3.63) is 22.9 Å². The fourth-order valence-electron chi connectivity index (χ4n) is 3.68. The van der Waals surface area contributed by atoms with Gasteiger partial charge < -0.3 is 19.9 Å². The van der Waals surface area contributed by atoms with Crippen molar-refractivity contribution in [1.29, 1.82) is 5.26 Å². The van der Waals surface area contributed by atoms with Crippen LogP contribution in [0.15, 0.2) is 32.9 Å². The average Bonchev–Trinajstić information content (AvgIpc) is 2.73. The van der Waals surface area contributed by atoms with Gasteiger partial charge in [-0.05, 0) is 39.9 Å². The second-order valence-electron chi connectivity index (χ2n) is 8.18. The summed E-state index contributed by atoms with van der Waals surface area (Å²) < 4.78 is 5.61. The molecule has 1 atom stereocenters. The van der Waals surface area contributed by atoms with Crippen LogP contribution in [0.5, 0.6) is 0 Å². The molecule has 3 aliphatic rings. The Balaban J connectivity index is 1.87. The molecule has 1 N–H and O–H groups in total. The third-order valence-electron chi connectivity index (χ3n) is 5.75. The van der Waals surface area contributed by atoms with E-state index >= 15 is 0 Å². The highest BCUT2D eigenvalue weighted by Gasteiger charge is 2.37. The van der Waals surface area contributed by atoms with E-state index in [4.69, 9.17) is 4.74 Å². The number of dihydropyridines is 2. The SMILES string of the molecule is COC1(C)CCN(C2=C(C#N)C(=O)N=C3C=NC(C(=O)NCCN(C)C)C=C32)CC1. The number of hydrogen-bond acceptors (Lipinski definition) is 7. The van der Waals surface area contributed by atoms with E-state index in [2.05, 4.69) is 22.2 Å². The first kappa shape index (κ1) is 21.9. The van der Waals surface area contributed by atoms with Crippen LogP contribution in [-0.4, -0.2) is 92.6 Å². The number of carbonyl (C=O) groups is 2. The highest BCUT2D eigenvalue weighted by atomic mass is 16.5. The summed E-state index contributed by atoms with van der Waals surface area (Å²) in [7, 11) is 5.56. The first-order chi connectivity index (χ1) is 14.3. The van der Waals surface area contributed by atoms with Gasteiger partial charge in [0.05, 0.1) is 17.0 Å². The van der Waals surface area contributed by atoms with Crippen LogP contribution in [0.25, 0.3) is 0 Å². The Morgan fingerprint density at radius 1 is 1.43 bits per heavy atom. The number of allylic oxidation sites excluding steroid dienone is 1. The summed E-state index contributed by atoms with van der Waals surface area (Å²) in [4.78, 5) is 37.3. The number of likely N-dealkylation sites (N-methyl/N-ethyl adjacent to an activating group) is 1. The summed E-state index contributed by atoms with van der Waals surface area (Å²) in [5, 5.41) is 12.5. The lowest BCUT2D eigenvalue weighted by Gasteiger charge is -2.41. The van der Waals surface area contributed by atoms with E-state index < -0.39 is 11.9 Å². The number of carbonyl (C=O) groups excluding carboxylic acids is 2. The molecule has 3 heterocycles. The van der Waals surface area contributed by atoms with Crippen LogP contribution in [0.4, 0.5) is 0 Å². The smallest absolute Gasteiger partial charge is 0.290 e. The van der Waals surface area contributed by atoms with Crippen LogP contribution in [0, 0.1) is 11.3 Å². The predicted octanol–water partition coefficient (Wildman–Crippen LogP) is 0.303. The number of rotatable bonds is 6. The van der Waals surface area contributed by atoms with E-state index in [0.717, 1.165) is 19.4 Å². The largest absolute Gasteiger partial charge is 0.378 e. The molecule has 0 aromatic carbocycles. The number of nitrogens with zero attached hydrogens (tertiary/aromatic N) is 5. The molecule has 3 rings (SSSR count). The number of aliphatic imine (C=N–C) groups is 2. The minimum absolute atomic E-state index is 0.00749. The van der Waals surface area contributed by atoms with Crippen LogP contribution in [0.1, 0.15) is 19.8 Å². The topological polar surface area (TPSA) is 110 Å². The molecule has 9 heteroatoms. The number of hydrogen-bond donors (Lipinski definition) is 1. The molecule has 0 saturated carbocycles. The normalized spacial score (nSPS) is 23.0. The number of nitriles is 1. The van der Waals surface area contributed by atoms with Gasteiger partial charge in [0.15, 0.2) is 0 Å². The van der Waals surface area contributed by atoms with Gasteiger partial charge in [-0.3, -0.25) is 14.6 Å². The predicted molar refractivity (Wildman–Crippen MR) is 113 cm³/mol. The van der Waals surface area contributed by atoms with Gasteiger partial charge in [0, 0.05) is 45.1 Å². The third kappa shape index (κ3) is 4.50. The van der Waals surface area contributed by atoms with Crippen LogP contribution in [0.2, 0.25) is 0 Å². The van der Waals surface area contributed by atoms with E-state index in [9.17, 15) is 14.9 Å². The number of piperidine rings is 1. The van der Waals surface area contributed by atoms with Gasteiger partial charge in [0.25, 0.3) is 5.91 Å². The molecule has 0 bridgehead atoms. The van der Waals surface area contributed by atoms with Crippen molar-refractivity contribution in [2.45, 2.75) is 31.4 Å². The molecule has 1 fully saturated rings. The number of fused-ring (bicyclic) bond motifs is 1. The minimum atomic E-state index is -0.724. The highest BCUT2D eigenvalue weighted by molar-refractivity contribution is 6.44. The van der Waals surface area contributed by atoms with Crippen molar-refractivity contribution in [3.8, 4) is 6.07 Å². The second kappa shape index (κ2) is 8.90. The Morgan fingerprint density at radius 3 is 2.73 bits per heavy atom. The van der Waals surface area contributed by atoms with Crippen LogP contribution >= 0.6 is 0 Å². The third-order valence-corrected chi connectivity index (χ3v) is 5.75. The Kier molecular flexibility index (Phi) is 6.48. The molecule has 2 amide bonds. The zero-order valence-corrected chi connectivity index (χ0v) is 17.9. The molecule has 0 aliphatic carbocycles. The Labute approximate surface area is 176 Å². The summed E-state index contributed by atoms with van der Waals surface area (Å²) in [6.45, 7) is 4.56. The van der Waals surface area contributed by atoms with E-state index in [1.807, 2.05) is 30.0 Å². The van der Waals surface area contributed by atoms with Gasteiger partial charge >= 0.3 is 0 Å². The van der Waals surface area contributed by atoms with Crippen LogP contribution < -0.4 is 5.32 Å². The Hall–Kier alpha value is -2.83. The van der Waals surface area contributed by atoms with Gasteiger partial charge in [-0.2, -0.15) is 5.26 Å². The maximum absolute atomic E-state index is 12.6. The molecular weight excluding hydrogens is 384 g/mol. The number of ether oxygens (including phenoxy) is 1. The summed E-state index contributed by atoms with van der Waals surface area (Å²) >= 11 is 0. The van der Waals surface area contributed by atoms with Crippen molar-refractivity contribution in [2.75, 3.05) is 47.4 Å². The molecule has 0 aromatic heterocycles. The van der Waals surface area contributed by atoms with Crippen molar-refractivity contribution >= 4 is 23.7 Å². The van der Waals surface area contributed by atoms with Gasteiger partial charge in [-0.15, -0.1) is 0 Å². The lowest BCUT2D eigenvalue weighted by molar-refractivity contribution is -0.121. The molecule has 1 saturated heterocycles. The van der Waals surface area contributed by atoms with Gasteiger partial charge in [-0.1, -0.05) is 0 Å². The maximum Gasteiger partial charge on any atom is 0.290 e. The van der Waals surface area contributed by atoms with Gasteiger partial charge in [-0.25, -0.2) is 4.99 Å². The molecule has 160 valence electrons. The summed E-state index contributed by atoms with van der Waals surface area (Å²) in [5.41, 5.74) is 1.34. The summed E-state index contributed by atoms with van der Waals surface area (Å²) in [6, 6.07) is 1.29. The maximum atomic E-state index is 12.6. The number of likely N-dealkylation sites (tertiary alicyclic amines) is 1. The molecule has 30 heavy (non-hydrogen) atoms. The number of amides is 2. The molecule has 0 radical (unpaired) electrons. The van der Waals surface area contributed by atoms with E-state index in [1.165, 1.54) is 6.21 Å². The molecule has 0 aromatic rings. The quantitative estimate of drug-likeness (QED) is 0.672. The average molecular weight is 412 g/mol. The monoisotopic (exact) mass is 412 g/mol.